The van der Waals surface area contributed by atoms with Crippen LogP contribution in [0.3, 0.4) is 0 Å². The minimum Gasteiger partial charge on any atom is -0.317 e. The van der Waals surface area contributed by atoms with Gasteiger partial charge in [-0.2, -0.15) is 0 Å². The van der Waals surface area contributed by atoms with Crippen LogP contribution < -0.4 is 5.32 Å². The number of hydrogen-bond donors (Lipinski definition) is 1. The van der Waals surface area contributed by atoms with Crippen LogP contribution in [0, 0.1) is 17.3 Å². The fraction of sp³-hybridized carbons (Fsp3) is 1.00. The highest BCUT2D eigenvalue weighted by Gasteiger charge is 2.44. The van der Waals surface area contributed by atoms with Crippen molar-refractivity contribution < 1.29 is 0 Å². The topological polar surface area (TPSA) is 12.0 Å². The largest absolute Gasteiger partial charge is 0.317 e. The predicted molar refractivity (Wildman–Crippen MR) is 54.2 cm³/mol. The Labute approximate surface area is 76.9 Å². The molecule has 0 amide bonds. The van der Waals surface area contributed by atoms with E-state index in [1.807, 2.05) is 0 Å². The summed E-state index contributed by atoms with van der Waals surface area (Å²) in [5.41, 5.74) is 0.508. The van der Waals surface area contributed by atoms with Gasteiger partial charge < -0.3 is 5.32 Å². The number of nitrogens with one attached hydrogen (secondary N) is 1. The Kier molecular flexibility index (Phi) is 2.82. The van der Waals surface area contributed by atoms with Gasteiger partial charge >= 0.3 is 0 Å². The first-order chi connectivity index (χ1) is 5.50. The van der Waals surface area contributed by atoms with E-state index in [2.05, 4.69) is 40.1 Å². The quantitative estimate of drug-likeness (QED) is 0.670. The minimum atomic E-state index is 0.508. The molecule has 0 aromatic heterocycles. The summed E-state index contributed by atoms with van der Waals surface area (Å²) in [6, 6.07) is 0.791. The molecule has 1 aliphatic rings. The molecule has 12 heavy (non-hydrogen) atoms. The second-order valence-electron chi connectivity index (χ2n) is 5.18. The lowest BCUT2D eigenvalue weighted by molar-refractivity contribution is 0.0156. The van der Waals surface area contributed by atoms with Crippen molar-refractivity contribution in [1.29, 1.82) is 0 Å². The maximum absolute atomic E-state index is 3.40. The molecular formula is C11H23N. The maximum Gasteiger partial charge on any atom is 0.00980 e. The van der Waals surface area contributed by atoms with E-state index < -0.39 is 0 Å². The van der Waals surface area contributed by atoms with Crippen molar-refractivity contribution >= 4 is 0 Å². The van der Waals surface area contributed by atoms with Gasteiger partial charge in [0.2, 0.25) is 0 Å². The van der Waals surface area contributed by atoms with Crippen molar-refractivity contribution in [2.24, 2.45) is 17.3 Å². The summed E-state index contributed by atoms with van der Waals surface area (Å²) >= 11 is 0. The smallest absolute Gasteiger partial charge is 0.00980 e. The van der Waals surface area contributed by atoms with E-state index in [0.29, 0.717) is 5.41 Å². The molecule has 1 aliphatic carbocycles. The summed E-state index contributed by atoms with van der Waals surface area (Å²) in [4.78, 5) is 0. The molecule has 3 unspecified atom stereocenters. The first-order valence-corrected chi connectivity index (χ1v) is 5.18. The van der Waals surface area contributed by atoms with Gasteiger partial charge in [-0.25, -0.2) is 0 Å². The Hall–Kier alpha value is -0.0400. The average Bonchev–Trinajstić information content (AvgIpc) is 1.84. The van der Waals surface area contributed by atoms with E-state index in [-0.39, 0.29) is 0 Å². The third-order valence-electron chi connectivity index (χ3n) is 3.50. The van der Waals surface area contributed by atoms with Gasteiger partial charge in [0.1, 0.15) is 0 Å². The normalized spacial score (nSPS) is 36.2. The van der Waals surface area contributed by atoms with Crippen molar-refractivity contribution in [2.45, 2.75) is 46.6 Å². The number of hydrogen-bond acceptors (Lipinski definition) is 1. The second kappa shape index (κ2) is 3.37. The zero-order chi connectivity index (χ0) is 9.35. The fourth-order valence-electron chi connectivity index (χ4n) is 2.60. The summed E-state index contributed by atoms with van der Waals surface area (Å²) in [5.74, 6) is 1.84. The second-order valence-corrected chi connectivity index (χ2v) is 5.18. The van der Waals surface area contributed by atoms with E-state index in [4.69, 9.17) is 0 Å². The van der Waals surface area contributed by atoms with Crippen molar-refractivity contribution in [1.82, 2.24) is 5.32 Å². The van der Waals surface area contributed by atoms with Gasteiger partial charge in [-0.05, 0) is 30.7 Å². The lowest BCUT2D eigenvalue weighted by atomic mass is 9.58. The molecule has 1 heteroatoms. The molecular weight excluding hydrogens is 146 g/mol. The van der Waals surface area contributed by atoms with Crippen LogP contribution >= 0.6 is 0 Å². The summed E-state index contributed by atoms with van der Waals surface area (Å²) in [6.45, 7) is 9.41. The van der Waals surface area contributed by atoms with Crippen molar-refractivity contribution in [3.63, 3.8) is 0 Å². The third kappa shape index (κ3) is 1.66. The zero-order valence-electron chi connectivity index (χ0n) is 9.15. The van der Waals surface area contributed by atoms with Crippen LogP contribution in [0.5, 0.6) is 0 Å². The summed E-state index contributed by atoms with van der Waals surface area (Å²) in [7, 11) is 2.09. The monoisotopic (exact) mass is 169 g/mol. The molecule has 0 radical (unpaired) electrons. The highest BCUT2D eigenvalue weighted by atomic mass is 14.9. The molecule has 1 nitrogen and oxygen atoms in total. The number of rotatable bonds is 2. The molecule has 0 saturated heterocycles. The molecule has 0 aromatic carbocycles. The molecule has 0 spiro atoms. The molecule has 1 fully saturated rings. The van der Waals surface area contributed by atoms with Crippen LogP contribution in [0.15, 0.2) is 0 Å². The molecule has 0 heterocycles. The molecule has 72 valence electrons. The van der Waals surface area contributed by atoms with Gasteiger partial charge in [0.25, 0.3) is 0 Å². The zero-order valence-corrected chi connectivity index (χ0v) is 9.15. The predicted octanol–water partition coefficient (Wildman–Crippen LogP) is 2.67. The Morgan fingerprint density at radius 1 is 1.33 bits per heavy atom. The van der Waals surface area contributed by atoms with Crippen LogP contribution in [-0.2, 0) is 0 Å². The third-order valence-corrected chi connectivity index (χ3v) is 3.50. The molecule has 3 atom stereocenters. The summed E-state index contributed by atoms with van der Waals surface area (Å²) in [5, 5.41) is 3.40. The Morgan fingerprint density at radius 2 is 1.92 bits per heavy atom. The Bertz CT molecular complexity index is 146. The molecule has 1 N–H and O–H groups in total. The molecule has 0 bridgehead atoms. The maximum atomic E-state index is 3.40. The molecule has 0 aromatic rings. The summed E-state index contributed by atoms with van der Waals surface area (Å²) in [6.07, 6.45) is 2.70. The average molecular weight is 169 g/mol. The van der Waals surface area contributed by atoms with Crippen molar-refractivity contribution in [3.05, 3.63) is 0 Å². The molecule has 0 aliphatic heterocycles. The highest BCUT2D eigenvalue weighted by molar-refractivity contribution is 4.97. The van der Waals surface area contributed by atoms with Crippen LogP contribution in [-0.4, -0.2) is 13.1 Å². The molecule has 1 saturated carbocycles. The SMILES string of the molecule is CCC1C(NC)CC1C(C)(C)C. The summed E-state index contributed by atoms with van der Waals surface area (Å²) < 4.78 is 0. The van der Waals surface area contributed by atoms with E-state index >= 15 is 0 Å². The van der Waals surface area contributed by atoms with E-state index in [9.17, 15) is 0 Å². The van der Waals surface area contributed by atoms with E-state index in [0.717, 1.165) is 17.9 Å². The highest BCUT2D eigenvalue weighted by Crippen LogP contribution is 2.47. The first kappa shape index (κ1) is 10.0. The molecule has 1 rings (SSSR count). The minimum absolute atomic E-state index is 0.508. The standard InChI is InChI=1S/C11H23N/c1-6-8-9(11(2,3)4)7-10(8)12-5/h8-10,12H,6-7H2,1-5H3. The van der Waals surface area contributed by atoms with Crippen molar-refractivity contribution in [3.8, 4) is 0 Å². The van der Waals surface area contributed by atoms with Gasteiger partial charge in [-0.1, -0.05) is 34.1 Å². The van der Waals surface area contributed by atoms with Crippen LogP contribution in [0.1, 0.15) is 40.5 Å². The van der Waals surface area contributed by atoms with Crippen LogP contribution in [0.4, 0.5) is 0 Å². The Balaban J connectivity index is 2.51. The van der Waals surface area contributed by atoms with Crippen LogP contribution in [0.25, 0.3) is 0 Å². The van der Waals surface area contributed by atoms with E-state index in [1.165, 1.54) is 12.8 Å². The van der Waals surface area contributed by atoms with Gasteiger partial charge in [0, 0.05) is 6.04 Å². The van der Waals surface area contributed by atoms with Gasteiger partial charge in [0.15, 0.2) is 0 Å². The Morgan fingerprint density at radius 3 is 2.25 bits per heavy atom. The lowest BCUT2D eigenvalue weighted by Gasteiger charge is -2.51. The van der Waals surface area contributed by atoms with Crippen LogP contribution in [0.2, 0.25) is 0 Å². The fourth-order valence-corrected chi connectivity index (χ4v) is 2.60. The van der Waals surface area contributed by atoms with Gasteiger partial charge in [-0.15, -0.1) is 0 Å². The lowest BCUT2D eigenvalue weighted by Crippen LogP contribution is -2.53. The van der Waals surface area contributed by atoms with Gasteiger partial charge in [-0.3, -0.25) is 0 Å². The van der Waals surface area contributed by atoms with E-state index in [1.54, 1.807) is 0 Å². The van der Waals surface area contributed by atoms with Gasteiger partial charge in [0.05, 0.1) is 0 Å². The first-order valence-electron chi connectivity index (χ1n) is 5.18. The van der Waals surface area contributed by atoms with Crippen molar-refractivity contribution in [2.75, 3.05) is 7.05 Å².